The second-order valence-corrected chi connectivity index (χ2v) is 6.31. The van der Waals surface area contributed by atoms with Crippen LogP contribution >= 0.6 is 0 Å². The number of para-hydroxylation sites is 1. The fourth-order valence-electron chi connectivity index (χ4n) is 2.91. The first-order valence-corrected chi connectivity index (χ1v) is 8.08. The lowest BCUT2D eigenvalue weighted by Gasteiger charge is -2.18. The quantitative estimate of drug-likeness (QED) is 0.801. The van der Waals surface area contributed by atoms with E-state index in [4.69, 9.17) is 0 Å². The van der Waals surface area contributed by atoms with Crippen LogP contribution in [0, 0.1) is 11.8 Å². The molecule has 2 fully saturated rings. The summed E-state index contributed by atoms with van der Waals surface area (Å²) >= 11 is 0. The minimum absolute atomic E-state index is 0.133. The van der Waals surface area contributed by atoms with Crippen LogP contribution < -0.4 is 15.5 Å². The molecule has 1 aromatic rings. The van der Waals surface area contributed by atoms with E-state index >= 15 is 0 Å². The molecule has 0 aromatic heterocycles. The van der Waals surface area contributed by atoms with Crippen LogP contribution in [-0.2, 0) is 4.79 Å². The zero-order chi connectivity index (χ0) is 14.5. The molecule has 2 N–H and O–H groups in total. The molecule has 1 atom stereocenters. The van der Waals surface area contributed by atoms with Crippen molar-refractivity contribution < 1.29 is 4.79 Å². The van der Waals surface area contributed by atoms with E-state index in [1.54, 1.807) is 0 Å². The van der Waals surface area contributed by atoms with E-state index in [2.05, 4.69) is 39.8 Å². The van der Waals surface area contributed by atoms with Crippen molar-refractivity contribution >= 4 is 11.6 Å². The van der Waals surface area contributed by atoms with Crippen LogP contribution in [0.4, 0.5) is 5.69 Å². The van der Waals surface area contributed by atoms with Gasteiger partial charge in [0.05, 0.1) is 6.54 Å². The third-order valence-electron chi connectivity index (χ3n) is 4.41. The van der Waals surface area contributed by atoms with Gasteiger partial charge in [-0.15, -0.1) is 0 Å². The Balaban J connectivity index is 1.33. The summed E-state index contributed by atoms with van der Waals surface area (Å²) in [6.07, 6.45) is 3.81. The largest absolute Gasteiger partial charge is 0.371 e. The van der Waals surface area contributed by atoms with E-state index in [1.807, 2.05) is 6.07 Å². The van der Waals surface area contributed by atoms with Crippen LogP contribution in [0.1, 0.15) is 19.3 Å². The highest BCUT2D eigenvalue weighted by Gasteiger charge is 2.23. The molecule has 0 radical (unpaired) electrons. The molecule has 1 amide bonds. The second kappa shape index (κ2) is 6.94. The summed E-state index contributed by atoms with van der Waals surface area (Å²) in [7, 11) is 0. The van der Waals surface area contributed by atoms with Gasteiger partial charge in [0.1, 0.15) is 0 Å². The fourth-order valence-corrected chi connectivity index (χ4v) is 2.91. The minimum Gasteiger partial charge on any atom is -0.371 e. The Kier molecular flexibility index (Phi) is 4.76. The van der Waals surface area contributed by atoms with Gasteiger partial charge >= 0.3 is 0 Å². The number of hydrogen-bond donors (Lipinski definition) is 2. The first-order valence-electron chi connectivity index (χ1n) is 8.08. The lowest BCUT2D eigenvalue weighted by molar-refractivity contribution is -0.120. The van der Waals surface area contributed by atoms with Gasteiger partial charge in [-0.3, -0.25) is 4.79 Å². The summed E-state index contributed by atoms with van der Waals surface area (Å²) in [4.78, 5) is 14.2. The zero-order valence-electron chi connectivity index (χ0n) is 12.6. The van der Waals surface area contributed by atoms with Crippen LogP contribution in [0.15, 0.2) is 30.3 Å². The average molecular weight is 287 g/mol. The normalized spacial score (nSPS) is 21.5. The number of rotatable bonds is 7. The summed E-state index contributed by atoms with van der Waals surface area (Å²) in [5.41, 5.74) is 1.29. The third-order valence-corrected chi connectivity index (χ3v) is 4.41. The van der Waals surface area contributed by atoms with Crippen LogP contribution in [0.3, 0.4) is 0 Å². The molecular formula is C17H25N3O. The Morgan fingerprint density at radius 1 is 1.10 bits per heavy atom. The SMILES string of the molecule is O=C(CNCC1CC1)NCC1CCN(c2ccccc2)C1. The molecule has 2 aliphatic rings. The summed E-state index contributed by atoms with van der Waals surface area (Å²) in [6.45, 7) is 4.39. The number of anilines is 1. The van der Waals surface area contributed by atoms with Gasteiger partial charge in [-0.1, -0.05) is 18.2 Å². The predicted molar refractivity (Wildman–Crippen MR) is 85.4 cm³/mol. The van der Waals surface area contributed by atoms with Gasteiger partial charge in [0, 0.05) is 25.3 Å². The molecule has 1 aromatic carbocycles. The summed E-state index contributed by atoms with van der Waals surface area (Å²) in [5, 5.41) is 6.30. The Labute approximate surface area is 126 Å². The Hall–Kier alpha value is -1.55. The number of hydrogen-bond acceptors (Lipinski definition) is 3. The fraction of sp³-hybridized carbons (Fsp3) is 0.588. The molecule has 1 aliphatic heterocycles. The van der Waals surface area contributed by atoms with E-state index in [9.17, 15) is 4.79 Å². The standard InChI is InChI=1S/C17H25N3O/c21-17(12-18-10-14-6-7-14)19-11-15-8-9-20(13-15)16-4-2-1-3-5-16/h1-5,14-15,18H,6-13H2,(H,19,21). The van der Waals surface area contributed by atoms with Crippen LogP contribution in [0.25, 0.3) is 0 Å². The second-order valence-electron chi connectivity index (χ2n) is 6.31. The van der Waals surface area contributed by atoms with Crippen molar-refractivity contribution in [2.75, 3.05) is 37.6 Å². The van der Waals surface area contributed by atoms with Crippen LogP contribution in [0.5, 0.6) is 0 Å². The molecular weight excluding hydrogens is 262 g/mol. The maximum absolute atomic E-state index is 11.8. The smallest absolute Gasteiger partial charge is 0.233 e. The zero-order valence-corrected chi connectivity index (χ0v) is 12.6. The number of benzene rings is 1. The molecule has 1 aliphatic carbocycles. The molecule has 4 heteroatoms. The van der Waals surface area contributed by atoms with Gasteiger partial charge < -0.3 is 15.5 Å². The van der Waals surface area contributed by atoms with Crippen molar-refractivity contribution in [3.8, 4) is 0 Å². The van der Waals surface area contributed by atoms with Gasteiger partial charge in [-0.05, 0) is 49.8 Å². The number of amides is 1. The first-order chi connectivity index (χ1) is 10.3. The van der Waals surface area contributed by atoms with Gasteiger partial charge in [0.2, 0.25) is 5.91 Å². The van der Waals surface area contributed by atoms with Crippen molar-refractivity contribution in [3.63, 3.8) is 0 Å². The Bertz CT molecular complexity index is 458. The molecule has 1 saturated carbocycles. The van der Waals surface area contributed by atoms with Crippen molar-refractivity contribution in [2.45, 2.75) is 19.3 Å². The highest BCUT2D eigenvalue weighted by molar-refractivity contribution is 5.78. The van der Waals surface area contributed by atoms with Gasteiger partial charge in [-0.2, -0.15) is 0 Å². The lowest BCUT2D eigenvalue weighted by atomic mass is 10.1. The molecule has 21 heavy (non-hydrogen) atoms. The number of nitrogens with zero attached hydrogens (tertiary/aromatic N) is 1. The van der Waals surface area contributed by atoms with Crippen molar-refractivity contribution in [1.29, 1.82) is 0 Å². The van der Waals surface area contributed by atoms with E-state index in [0.717, 1.165) is 38.5 Å². The maximum atomic E-state index is 11.8. The van der Waals surface area contributed by atoms with E-state index in [1.165, 1.54) is 18.5 Å². The van der Waals surface area contributed by atoms with E-state index in [0.29, 0.717) is 12.5 Å². The topological polar surface area (TPSA) is 44.4 Å². The highest BCUT2D eigenvalue weighted by atomic mass is 16.1. The molecule has 1 saturated heterocycles. The van der Waals surface area contributed by atoms with E-state index in [-0.39, 0.29) is 5.91 Å². The summed E-state index contributed by atoms with van der Waals surface area (Å²) in [5.74, 6) is 1.53. The molecule has 0 spiro atoms. The van der Waals surface area contributed by atoms with Gasteiger partial charge in [-0.25, -0.2) is 0 Å². The third kappa shape index (κ3) is 4.46. The summed E-state index contributed by atoms with van der Waals surface area (Å²) < 4.78 is 0. The minimum atomic E-state index is 0.133. The number of carbonyl (C=O) groups excluding carboxylic acids is 1. The Morgan fingerprint density at radius 2 is 1.90 bits per heavy atom. The molecule has 0 bridgehead atoms. The van der Waals surface area contributed by atoms with E-state index < -0.39 is 0 Å². The average Bonchev–Trinajstić information content (AvgIpc) is 3.21. The van der Waals surface area contributed by atoms with Crippen molar-refractivity contribution in [1.82, 2.24) is 10.6 Å². The van der Waals surface area contributed by atoms with Gasteiger partial charge in [0.25, 0.3) is 0 Å². The molecule has 114 valence electrons. The highest BCUT2D eigenvalue weighted by Crippen LogP contribution is 2.27. The molecule has 3 rings (SSSR count). The van der Waals surface area contributed by atoms with Gasteiger partial charge in [0.15, 0.2) is 0 Å². The Morgan fingerprint density at radius 3 is 2.67 bits per heavy atom. The van der Waals surface area contributed by atoms with Crippen LogP contribution in [-0.4, -0.2) is 38.6 Å². The monoisotopic (exact) mass is 287 g/mol. The number of carbonyl (C=O) groups is 1. The van der Waals surface area contributed by atoms with Crippen LogP contribution in [0.2, 0.25) is 0 Å². The maximum Gasteiger partial charge on any atom is 0.233 e. The molecule has 1 unspecified atom stereocenters. The first kappa shape index (κ1) is 14.4. The van der Waals surface area contributed by atoms with Crippen molar-refractivity contribution in [2.24, 2.45) is 11.8 Å². The molecule has 1 heterocycles. The molecule has 4 nitrogen and oxygen atoms in total. The summed E-state index contributed by atoms with van der Waals surface area (Å²) in [6, 6.07) is 10.5. The number of nitrogens with one attached hydrogen (secondary N) is 2. The van der Waals surface area contributed by atoms with Crippen molar-refractivity contribution in [3.05, 3.63) is 30.3 Å². The lowest BCUT2D eigenvalue weighted by Crippen LogP contribution is -2.37. The predicted octanol–water partition coefficient (Wildman–Crippen LogP) is 1.63.